The summed E-state index contributed by atoms with van der Waals surface area (Å²) < 4.78 is 0. The Balaban J connectivity index is 1.70. The minimum absolute atomic E-state index is 0.131. The largest absolute Gasteiger partial charge is 0.349 e. The summed E-state index contributed by atoms with van der Waals surface area (Å²) in [7, 11) is 0. The van der Waals surface area contributed by atoms with Crippen molar-refractivity contribution in [2.75, 3.05) is 0 Å². The van der Waals surface area contributed by atoms with Crippen LogP contribution in [0.1, 0.15) is 49.4 Å². The van der Waals surface area contributed by atoms with Crippen LogP contribution in [0.5, 0.6) is 0 Å². The van der Waals surface area contributed by atoms with Gasteiger partial charge in [-0.25, -0.2) is 0 Å². The Morgan fingerprint density at radius 1 is 1.25 bits per heavy atom. The summed E-state index contributed by atoms with van der Waals surface area (Å²) in [5.74, 6) is 1.19. The van der Waals surface area contributed by atoms with E-state index in [0.29, 0.717) is 18.3 Å². The van der Waals surface area contributed by atoms with Crippen LogP contribution in [-0.2, 0) is 17.6 Å². The van der Waals surface area contributed by atoms with E-state index in [4.69, 9.17) is 0 Å². The first-order valence-corrected chi connectivity index (χ1v) is 8.91. The molecule has 0 radical (unpaired) electrons. The molecular formula is C21H26N2O. The second-order valence-electron chi connectivity index (χ2n) is 7.05. The molecule has 3 rings (SSSR count). The number of nitrogens with one attached hydrogen (secondary N) is 1. The van der Waals surface area contributed by atoms with Crippen LogP contribution >= 0.6 is 0 Å². The number of rotatable bonds is 5. The minimum Gasteiger partial charge on any atom is -0.349 e. The molecule has 0 unspecified atom stereocenters. The summed E-state index contributed by atoms with van der Waals surface area (Å²) in [5.41, 5.74) is 3.79. The molecule has 1 aromatic heterocycles. The van der Waals surface area contributed by atoms with Crippen molar-refractivity contribution >= 4 is 5.91 Å². The van der Waals surface area contributed by atoms with Gasteiger partial charge in [0.25, 0.3) is 0 Å². The summed E-state index contributed by atoms with van der Waals surface area (Å²) in [6.07, 6.45) is 7.09. The van der Waals surface area contributed by atoms with Gasteiger partial charge in [-0.1, -0.05) is 44.2 Å². The number of hydrogen-bond acceptors (Lipinski definition) is 2. The van der Waals surface area contributed by atoms with Crippen molar-refractivity contribution in [3.05, 3.63) is 65.5 Å². The molecule has 3 heteroatoms. The van der Waals surface area contributed by atoms with Crippen molar-refractivity contribution in [2.24, 2.45) is 11.8 Å². The van der Waals surface area contributed by atoms with Gasteiger partial charge >= 0.3 is 0 Å². The third-order valence-electron chi connectivity index (χ3n) is 5.10. The van der Waals surface area contributed by atoms with Crippen LogP contribution in [0, 0.1) is 11.8 Å². The van der Waals surface area contributed by atoms with Gasteiger partial charge in [0.15, 0.2) is 0 Å². The maximum absolute atomic E-state index is 12.5. The van der Waals surface area contributed by atoms with Gasteiger partial charge in [0.2, 0.25) is 5.91 Å². The second-order valence-corrected chi connectivity index (χ2v) is 7.05. The zero-order chi connectivity index (χ0) is 16.9. The van der Waals surface area contributed by atoms with Gasteiger partial charge in [-0.3, -0.25) is 9.78 Å². The number of fused-ring (bicyclic) bond motifs is 1. The predicted octanol–water partition coefficient (Wildman–Crippen LogP) is 4.09. The Morgan fingerprint density at radius 3 is 2.83 bits per heavy atom. The molecule has 1 heterocycles. The number of aromatic nitrogens is 1. The molecule has 1 N–H and O–H groups in total. The predicted molar refractivity (Wildman–Crippen MR) is 96.5 cm³/mol. The molecule has 1 aliphatic rings. The number of carbonyl (C=O) groups is 1. The molecule has 24 heavy (non-hydrogen) atoms. The molecule has 0 bridgehead atoms. The van der Waals surface area contributed by atoms with Gasteiger partial charge in [0.1, 0.15) is 0 Å². The third-order valence-corrected chi connectivity index (χ3v) is 5.10. The minimum atomic E-state index is 0.131. The summed E-state index contributed by atoms with van der Waals surface area (Å²) in [4.78, 5) is 16.6. The molecule has 2 aromatic rings. The molecule has 1 amide bonds. The van der Waals surface area contributed by atoms with Crippen LogP contribution in [-0.4, -0.2) is 10.9 Å². The van der Waals surface area contributed by atoms with E-state index in [1.807, 2.05) is 18.3 Å². The molecule has 1 aromatic carbocycles. The lowest BCUT2D eigenvalue weighted by Crippen LogP contribution is -2.38. The first-order valence-electron chi connectivity index (χ1n) is 8.91. The van der Waals surface area contributed by atoms with E-state index in [1.165, 1.54) is 11.1 Å². The van der Waals surface area contributed by atoms with Gasteiger partial charge in [-0.15, -0.1) is 0 Å². The number of nitrogens with zero attached hydrogens (tertiary/aromatic N) is 1. The zero-order valence-corrected chi connectivity index (χ0v) is 14.5. The van der Waals surface area contributed by atoms with Gasteiger partial charge < -0.3 is 5.32 Å². The molecule has 2 atom stereocenters. The Bertz CT molecular complexity index is 681. The second kappa shape index (κ2) is 7.61. The average Bonchev–Trinajstić information content (AvgIpc) is 2.61. The van der Waals surface area contributed by atoms with Gasteiger partial charge in [-0.05, 0) is 53.9 Å². The Labute approximate surface area is 144 Å². The molecule has 0 saturated heterocycles. The average molecular weight is 322 g/mol. The summed E-state index contributed by atoms with van der Waals surface area (Å²) in [6.45, 7) is 4.51. The van der Waals surface area contributed by atoms with Crippen LogP contribution in [0.4, 0.5) is 0 Å². The highest BCUT2D eigenvalue weighted by Gasteiger charge is 2.32. The Kier molecular flexibility index (Phi) is 5.29. The molecule has 0 saturated carbocycles. The standard InChI is InChI=1S/C21H26N2O/c1-15(2)18-11-10-17-7-3-4-8-19(17)21(18)23-20(24)12-9-16-6-5-13-22-14-16/h3-8,13-15,18,21H,9-12H2,1-2H3,(H,23,24)/t18-,21+/m1/s1. The molecule has 0 aliphatic heterocycles. The van der Waals surface area contributed by atoms with E-state index in [9.17, 15) is 4.79 Å². The highest BCUT2D eigenvalue weighted by Crippen LogP contribution is 2.38. The fourth-order valence-corrected chi connectivity index (χ4v) is 3.74. The maximum atomic E-state index is 12.5. The van der Waals surface area contributed by atoms with E-state index in [0.717, 1.165) is 24.8 Å². The number of pyridine rings is 1. The lowest BCUT2D eigenvalue weighted by molar-refractivity contribution is -0.122. The Hall–Kier alpha value is -2.16. The Morgan fingerprint density at radius 2 is 2.08 bits per heavy atom. The lowest BCUT2D eigenvalue weighted by Gasteiger charge is -2.36. The van der Waals surface area contributed by atoms with E-state index in [-0.39, 0.29) is 11.9 Å². The molecule has 0 fully saturated rings. The third kappa shape index (κ3) is 3.84. The van der Waals surface area contributed by atoms with E-state index >= 15 is 0 Å². The number of carbonyl (C=O) groups excluding carboxylic acids is 1. The number of amides is 1. The smallest absolute Gasteiger partial charge is 0.220 e. The normalized spacial score (nSPS) is 19.8. The van der Waals surface area contributed by atoms with Crippen LogP contribution in [0.25, 0.3) is 0 Å². The van der Waals surface area contributed by atoms with Crippen molar-refractivity contribution in [2.45, 2.75) is 45.6 Å². The van der Waals surface area contributed by atoms with Crippen LogP contribution in [0.3, 0.4) is 0 Å². The van der Waals surface area contributed by atoms with Crippen molar-refractivity contribution in [1.29, 1.82) is 0 Å². The first kappa shape index (κ1) is 16.7. The van der Waals surface area contributed by atoms with E-state index in [1.54, 1.807) is 6.20 Å². The lowest BCUT2D eigenvalue weighted by atomic mass is 9.74. The summed E-state index contributed by atoms with van der Waals surface area (Å²) >= 11 is 0. The van der Waals surface area contributed by atoms with Crippen molar-refractivity contribution < 1.29 is 4.79 Å². The van der Waals surface area contributed by atoms with Gasteiger partial charge in [0, 0.05) is 18.8 Å². The van der Waals surface area contributed by atoms with E-state index in [2.05, 4.69) is 48.4 Å². The fraction of sp³-hybridized carbons (Fsp3) is 0.429. The van der Waals surface area contributed by atoms with Gasteiger partial charge in [-0.2, -0.15) is 0 Å². The highest BCUT2D eigenvalue weighted by atomic mass is 16.1. The van der Waals surface area contributed by atoms with Crippen molar-refractivity contribution in [3.8, 4) is 0 Å². The molecule has 1 aliphatic carbocycles. The molecular weight excluding hydrogens is 296 g/mol. The first-order chi connectivity index (χ1) is 11.6. The molecule has 3 nitrogen and oxygen atoms in total. The number of aryl methyl sites for hydroxylation is 2. The van der Waals surface area contributed by atoms with E-state index < -0.39 is 0 Å². The SMILES string of the molecule is CC(C)[C@H]1CCc2ccccc2[C@H]1NC(=O)CCc1cccnc1. The van der Waals surface area contributed by atoms with Crippen molar-refractivity contribution in [1.82, 2.24) is 10.3 Å². The van der Waals surface area contributed by atoms with Gasteiger partial charge in [0.05, 0.1) is 6.04 Å². The van der Waals surface area contributed by atoms with Crippen molar-refractivity contribution in [3.63, 3.8) is 0 Å². The van der Waals surface area contributed by atoms with Crippen LogP contribution in [0.15, 0.2) is 48.8 Å². The molecule has 126 valence electrons. The van der Waals surface area contributed by atoms with Crippen LogP contribution < -0.4 is 5.32 Å². The summed E-state index contributed by atoms with van der Waals surface area (Å²) in [6, 6.07) is 12.6. The number of hydrogen-bond donors (Lipinski definition) is 1. The fourth-order valence-electron chi connectivity index (χ4n) is 3.74. The monoisotopic (exact) mass is 322 g/mol. The topological polar surface area (TPSA) is 42.0 Å². The number of benzene rings is 1. The molecule has 0 spiro atoms. The quantitative estimate of drug-likeness (QED) is 0.901. The highest BCUT2D eigenvalue weighted by molar-refractivity contribution is 5.76. The van der Waals surface area contributed by atoms with Crippen LogP contribution in [0.2, 0.25) is 0 Å². The maximum Gasteiger partial charge on any atom is 0.220 e. The zero-order valence-electron chi connectivity index (χ0n) is 14.5. The summed E-state index contributed by atoms with van der Waals surface area (Å²) in [5, 5.41) is 3.32.